The zero-order chi connectivity index (χ0) is 31.5. The van der Waals surface area contributed by atoms with E-state index in [-0.39, 0.29) is 29.7 Å². The van der Waals surface area contributed by atoms with Crippen molar-refractivity contribution in [2.24, 2.45) is 17.6 Å². The van der Waals surface area contributed by atoms with Gasteiger partial charge in [-0.25, -0.2) is 0 Å². The summed E-state index contributed by atoms with van der Waals surface area (Å²) >= 11 is 1.52. The molecule has 3 aromatic rings. The Labute approximate surface area is 257 Å². The quantitative estimate of drug-likeness (QED) is 0.219. The lowest BCUT2D eigenvalue weighted by molar-refractivity contribution is -0.153. The zero-order valence-corrected chi connectivity index (χ0v) is 25.0. The molecule has 1 heterocycles. The Hall–Kier alpha value is -4.29. The van der Waals surface area contributed by atoms with Gasteiger partial charge in [-0.2, -0.15) is 0 Å². The van der Waals surface area contributed by atoms with Crippen molar-refractivity contribution in [3.05, 3.63) is 93.1 Å². The number of rotatable bonds is 7. The number of amides is 1. The summed E-state index contributed by atoms with van der Waals surface area (Å²) in [5.74, 6) is -6.65. The van der Waals surface area contributed by atoms with Gasteiger partial charge in [-0.15, -0.1) is 11.3 Å². The molecule has 0 spiro atoms. The van der Waals surface area contributed by atoms with Crippen molar-refractivity contribution in [3.63, 3.8) is 0 Å². The highest BCUT2D eigenvalue weighted by Crippen LogP contribution is 2.53. The molecule has 1 fully saturated rings. The first-order valence-corrected chi connectivity index (χ1v) is 15.1. The Bertz CT molecular complexity index is 1760. The lowest BCUT2D eigenvalue weighted by Crippen LogP contribution is -2.65. The largest absolute Gasteiger partial charge is 0.508 e. The van der Waals surface area contributed by atoms with Gasteiger partial charge in [-0.3, -0.25) is 19.3 Å². The Morgan fingerprint density at radius 3 is 2.45 bits per heavy atom. The van der Waals surface area contributed by atoms with Crippen LogP contribution in [0.15, 0.2) is 70.8 Å². The summed E-state index contributed by atoms with van der Waals surface area (Å²) in [6, 6.07) is 14.2. The van der Waals surface area contributed by atoms with Crippen LogP contribution in [0, 0.1) is 11.8 Å². The fraction of sp³-hybridized carbons (Fsp3) is 0.303. The topological polar surface area (TPSA) is 173 Å². The SMILES string of the molecule is CN(C)C1C(=O)C(C(N)=O)=C(O)[C@@]2(O)C(=O)C3=C(O)c4c(O)ccc(-c5cc(CNCc6ccccc6)cs5)c4C[C@H]3C[C@@H]12. The number of aliphatic hydroxyl groups excluding tert-OH is 2. The lowest BCUT2D eigenvalue weighted by Gasteiger charge is -2.50. The van der Waals surface area contributed by atoms with Crippen molar-refractivity contribution in [1.29, 1.82) is 0 Å². The minimum absolute atomic E-state index is 0.0416. The number of primary amides is 1. The van der Waals surface area contributed by atoms with E-state index in [2.05, 4.69) is 17.4 Å². The van der Waals surface area contributed by atoms with Crippen LogP contribution in [-0.4, -0.2) is 68.5 Å². The average Bonchev–Trinajstić information content (AvgIpc) is 3.44. The molecule has 7 N–H and O–H groups in total. The highest BCUT2D eigenvalue weighted by atomic mass is 32.1. The van der Waals surface area contributed by atoms with Crippen LogP contribution in [0.2, 0.25) is 0 Å². The predicted molar refractivity (Wildman–Crippen MR) is 165 cm³/mol. The molecule has 44 heavy (non-hydrogen) atoms. The number of fused-ring (bicyclic) bond motifs is 3. The van der Waals surface area contributed by atoms with Crippen LogP contribution in [0.5, 0.6) is 5.75 Å². The maximum atomic E-state index is 14.0. The monoisotopic (exact) mass is 615 g/mol. The van der Waals surface area contributed by atoms with Gasteiger partial charge in [0, 0.05) is 29.5 Å². The molecule has 0 bridgehead atoms. The van der Waals surface area contributed by atoms with Crippen LogP contribution >= 0.6 is 11.3 Å². The smallest absolute Gasteiger partial charge is 0.255 e. The minimum atomic E-state index is -2.66. The van der Waals surface area contributed by atoms with Gasteiger partial charge in [0.15, 0.2) is 11.4 Å². The average molecular weight is 616 g/mol. The summed E-state index contributed by atoms with van der Waals surface area (Å²) in [6.45, 7) is 1.36. The molecule has 2 aromatic carbocycles. The van der Waals surface area contributed by atoms with Gasteiger partial charge in [0.2, 0.25) is 5.78 Å². The number of benzene rings is 2. The number of aromatic hydroxyl groups is 1. The van der Waals surface area contributed by atoms with Gasteiger partial charge >= 0.3 is 0 Å². The number of thiophene rings is 1. The van der Waals surface area contributed by atoms with Crippen LogP contribution in [0.25, 0.3) is 16.2 Å². The third-order valence-corrected chi connectivity index (χ3v) is 10.0. The number of Topliss-reactive ketones (excluding diaryl/α,β-unsaturated/α-hetero) is 2. The molecule has 3 aliphatic carbocycles. The van der Waals surface area contributed by atoms with Crippen molar-refractivity contribution in [2.75, 3.05) is 14.1 Å². The number of nitrogens with two attached hydrogens (primary N) is 1. The highest BCUT2D eigenvalue weighted by molar-refractivity contribution is 7.13. The predicted octanol–water partition coefficient (Wildman–Crippen LogP) is 2.98. The molecule has 4 atom stereocenters. The zero-order valence-electron chi connectivity index (χ0n) is 24.2. The van der Waals surface area contributed by atoms with E-state index in [4.69, 9.17) is 5.73 Å². The fourth-order valence-corrected chi connectivity index (χ4v) is 8.00. The summed E-state index contributed by atoms with van der Waals surface area (Å²) in [4.78, 5) is 41.9. The Kier molecular flexibility index (Phi) is 7.45. The van der Waals surface area contributed by atoms with Crippen LogP contribution in [0.4, 0.5) is 0 Å². The van der Waals surface area contributed by atoms with E-state index in [1.54, 1.807) is 20.2 Å². The van der Waals surface area contributed by atoms with Crippen molar-refractivity contribution >= 4 is 34.6 Å². The molecular weight excluding hydrogens is 582 g/mol. The molecule has 1 saturated carbocycles. The first-order chi connectivity index (χ1) is 20.9. The van der Waals surface area contributed by atoms with Crippen molar-refractivity contribution in [2.45, 2.75) is 37.6 Å². The van der Waals surface area contributed by atoms with Crippen LogP contribution in [0.3, 0.4) is 0 Å². The van der Waals surface area contributed by atoms with Gasteiger partial charge < -0.3 is 31.5 Å². The van der Waals surface area contributed by atoms with Crippen molar-refractivity contribution in [1.82, 2.24) is 10.2 Å². The first kappa shape index (κ1) is 29.8. The van der Waals surface area contributed by atoms with Gasteiger partial charge in [0.05, 0.1) is 11.6 Å². The standard InChI is InChI=1S/C33H33N3O7S/c1-36(2)27-21-12-18-11-20-19(23-10-17(15-44-23)14-35-13-16-6-4-3-5-7-16)8-9-22(37)25(20)28(38)24(18)30(40)33(21,43)31(41)26(29(27)39)32(34)42/h3-10,15,18,21,27,35,37-38,41,43H,11-14H2,1-2H3,(H2,34,42)/t18-,21-,27?,33-/m0/s1. The maximum Gasteiger partial charge on any atom is 0.255 e. The number of carbonyl (C=O) groups excluding carboxylic acids is 3. The number of nitrogens with zero attached hydrogens (tertiary/aromatic N) is 1. The number of phenols is 1. The molecule has 0 aliphatic heterocycles. The van der Waals surface area contributed by atoms with E-state index in [1.807, 2.05) is 29.6 Å². The number of likely N-dealkylation sites (N-methyl/N-ethyl adjacent to an activating group) is 1. The van der Waals surface area contributed by atoms with E-state index in [9.17, 15) is 34.8 Å². The number of ketones is 2. The number of carbonyl (C=O) groups is 3. The lowest BCUT2D eigenvalue weighted by atomic mass is 9.57. The third kappa shape index (κ3) is 4.55. The molecule has 10 nitrogen and oxygen atoms in total. The Balaban J connectivity index is 1.38. The highest BCUT2D eigenvalue weighted by Gasteiger charge is 2.64. The van der Waals surface area contributed by atoms with Crippen LogP contribution in [-0.2, 0) is 33.9 Å². The van der Waals surface area contributed by atoms with Gasteiger partial charge in [-0.05, 0) is 78.7 Å². The molecule has 6 rings (SSSR count). The van der Waals surface area contributed by atoms with Gasteiger partial charge in [0.1, 0.15) is 22.8 Å². The van der Waals surface area contributed by atoms with Gasteiger partial charge in [-0.1, -0.05) is 30.3 Å². The molecule has 1 aromatic heterocycles. The minimum Gasteiger partial charge on any atom is -0.508 e. The number of hydrogen-bond acceptors (Lipinski definition) is 10. The Morgan fingerprint density at radius 2 is 1.77 bits per heavy atom. The normalized spacial score (nSPS) is 24.8. The summed E-state index contributed by atoms with van der Waals surface area (Å²) in [6.07, 6.45) is 0.276. The van der Waals surface area contributed by atoms with E-state index in [1.165, 1.54) is 27.9 Å². The van der Waals surface area contributed by atoms with E-state index in [0.29, 0.717) is 18.7 Å². The fourth-order valence-electron chi connectivity index (χ4n) is 7.03. The number of hydrogen-bond donors (Lipinski definition) is 6. The van der Waals surface area contributed by atoms with Crippen molar-refractivity contribution in [3.8, 4) is 16.2 Å². The summed E-state index contributed by atoms with van der Waals surface area (Å²) in [5, 5.41) is 50.6. The summed E-state index contributed by atoms with van der Waals surface area (Å²) < 4.78 is 0. The third-order valence-electron chi connectivity index (χ3n) is 9.02. The van der Waals surface area contributed by atoms with Crippen molar-refractivity contribution < 1.29 is 34.8 Å². The molecule has 1 amide bonds. The molecule has 0 radical (unpaired) electrons. The Morgan fingerprint density at radius 1 is 1.07 bits per heavy atom. The number of aliphatic hydroxyl groups is 3. The van der Waals surface area contributed by atoms with E-state index in [0.717, 1.165) is 16.0 Å². The molecule has 1 unspecified atom stereocenters. The molecule has 3 aliphatic rings. The van der Waals surface area contributed by atoms with E-state index < -0.39 is 58.0 Å². The second-order valence-corrected chi connectivity index (χ2v) is 12.8. The molecule has 11 heteroatoms. The van der Waals surface area contributed by atoms with Crippen LogP contribution in [0.1, 0.15) is 28.7 Å². The summed E-state index contributed by atoms with van der Waals surface area (Å²) in [7, 11) is 3.15. The summed E-state index contributed by atoms with van der Waals surface area (Å²) in [5.41, 5.74) is 5.49. The molecular formula is C33H33N3O7S. The second-order valence-electron chi connectivity index (χ2n) is 11.9. The maximum absolute atomic E-state index is 14.0. The molecule has 228 valence electrons. The number of phenolic OH excluding ortho intramolecular Hbond substituents is 1. The number of nitrogens with one attached hydrogen (secondary N) is 1. The second kappa shape index (κ2) is 11.0. The van der Waals surface area contributed by atoms with E-state index >= 15 is 0 Å². The van der Waals surface area contributed by atoms with Gasteiger partial charge in [0.25, 0.3) is 5.91 Å². The van der Waals surface area contributed by atoms with Crippen LogP contribution < -0.4 is 11.1 Å². The first-order valence-electron chi connectivity index (χ1n) is 14.3. The molecule has 0 saturated heterocycles.